The summed E-state index contributed by atoms with van der Waals surface area (Å²) in [6.07, 6.45) is -1.11. The van der Waals surface area contributed by atoms with E-state index in [4.69, 9.17) is 21.5 Å². The topological polar surface area (TPSA) is 90.8 Å². The number of hydroxylamine groups is 1. The predicted molar refractivity (Wildman–Crippen MR) is 100 cm³/mol. The average molecular weight is 481 g/mol. The maximum Gasteiger partial charge on any atom is 0.276 e. The third-order valence-electron chi connectivity index (χ3n) is 3.08. The molecule has 0 heterocycles. The van der Waals surface area contributed by atoms with E-state index in [0.29, 0.717) is 10.7 Å². The van der Waals surface area contributed by atoms with E-state index in [9.17, 15) is 14.3 Å². The SMILES string of the molecule is O=C(NOCC(O)CO)c1ccc(F)cc1Nc1ccc(I)cc1Cl. The number of aliphatic hydroxyl groups is 2. The second kappa shape index (κ2) is 9.30. The van der Waals surface area contributed by atoms with Crippen molar-refractivity contribution in [1.29, 1.82) is 0 Å². The summed E-state index contributed by atoms with van der Waals surface area (Å²) in [5.74, 6) is -1.17. The Kier molecular flexibility index (Phi) is 7.38. The van der Waals surface area contributed by atoms with Gasteiger partial charge in [-0.2, -0.15) is 0 Å². The summed E-state index contributed by atoms with van der Waals surface area (Å²) in [5, 5.41) is 21.2. The van der Waals surface area contributed by atoms with Gasteiger partial charge in [-0.05, 0) is 59.0 Å². The van der Waals surface area contributed by atoms with Gasteiger partial charge in [-0.15, -0.1) is 0 Å². The zero-order valence-corrected chi connectivity index (χ0v) is 15.7. The highest BCUT2D eigenvalue weighted by molar-refractivity contribution is 14.1. The second-order valence-electron chi connectivity index (χ2n) is 5.02. The molecule has 1 atom stereocenters. The van der Waals surface area contributed by atoms with Crippen LogP contribution in [-0.4, -0.2) is 35.4 Å². The van der Waals surface area contributed by atoms with Crippen LogP contribution in [0.2, 0.25) is 5.02 Å². The van der Waals surface area contributed by atoms with E-state index < -0.39 is 24.4 Å². The number of rotatable bonds is 7. The summed E-state index contributed by atoms with van der Waals surface area (Å²) in [6.45, 7) is -0.778. The van der Waals surface area contributed by atoms with Crippen LogP contribution in [0.15, 0.2) is 36.4 Å². The van der Waals surface area contributed by atoms with Crippen LogP contribution in [0.4, 0.5) is 15.8 Å². The van der Waals surface area contributed by atoms with E-state index >= 15 is 0 Å². The Bertz CT molecular complexity index is 763. The van der Waals surface area contributed by atoms with E-state index in [0.717, 1.165) is 15.7 Å². The fourth-order valence-electron chi connectivity index (χ4n) is 1.86. The molecule has 2 aromatic carbocycles. The molecule has 0 aliphatic carbocycles. The molecule has 6 nitrogen and oxygen atoms in total. The van der Waals surface area contributed by atoms with Crippen molar-refractivity contribution in [3.05, 3.63) is 56.4 Å². The largest absolute Gasteiger partial charge is 0.394 e. The van der Waals surface area contributed by atoms with E-state index in [1.54, 1.807) is 12.1 Å². The molecule has 2 rings (SSSR count). The van der Waals surface area contributed by atoms with Gasteiger partial charge < -0.3 is 15.5 Å². The Labute approximate surface area is 162 Å². The first kappa shape index (κ1) is 19.9. The van der Waals surface area contributed by atoms with Crippen LogP contribution >= 0.6 is 34.2 Å². The number of hydrogen-bond acceptors (Lipinski definition) is 5. The number of anilines is 2. The zero-order chi connectivity index (χ0) is 18.4. The van der Waals surface area contributed by atoms with Crippen molar-refractivity contribution in [2.75, 3.05) is 18.5 Å². The minimum absolute atomic E-state index is 0.120. The van der Waals surface area contributed by atoms with Gasteiger partial charge in [-0.1, -0.05) is 11.6 Å². The quantitative estimate of drug-likeness (QED) is 0.361. The Hall–Kier alpha value is -1.46. The van der Waals surface area contributed by atoms with E-state index in [1.165, 1.54) is 6.07 Å². The third kappa shape index (κ3) is 5.79. The van der Waals surface area contributed by atoms with E-state index in [-0.39, 0.29) is 17.9 Å². The smallest absolute Gasteiger partial charge is 0.276 e. The van der Waals surface area contributed by atoms with Crippen molar-refractivity contribution in [2.24, 2.45) is 0 Å². The Morgan fingerprint density at radius 1 is 1.28 bits per heavy atom. The molecule has 9 heteroatoms. The molecule has 0 bridgehead atoms. The molecular weight excluding hydrogens is 466 g/mol. The van der Waals surface area contributed by atoms with Gasteiger partial charge in [0.1, 0.15) is 18.5 Å². The highest BCUT2D eigenvalue weighted by Gasteiger charge is 2.15. The van der Waals surface area contributed by atoms with Crippen molar-refractivity contribution < 1.29 is 24.2 Å². The number of amides is 1. The van der Waals surface area contributed by atoms with Gasteiger partial charge in [0.2, 0.25) is 0 Å². The fourth-order valence-corrected chi connectivity index (χ4v) is 2.77. The van der Waals surface area contributed by atoms with Crippen molar-refractivity contribution in [2.45, 2.75) is 6.10 Å². The Balaban J connectivity index is 2.17. The van der Waals surface area contributed by atoms with Crippen LogP contribution in [0, 0.1) is 9.39 Å². The lowest BCUT2D eigenvalue weighted by Crippen LogP contribution is -2.30. The summed E-state index contributed by atoms with van der Waals surface area (Å²) in [5.41, 5.74) is 2.96. The molecule has 0 saturated heterocycles. The number of carbonyl (C=O) groups is 1. The van der Waals surface area contributed by atoms with Gasteiger partial charge in [0, 0.05) is 3.57 Å². The van der Waals surface area contributed by atoms with Crippen LogP contribution in [0.25, 0.3) is 0 Å². The third-order valence-corrected chi connectivity index (χ3v) is 4.06. The molecule has 4 N–H and O–H groups in total. The van der Waals surface area contributed by atoms with Crippen LogP contribution in [0.1, 0.15) is 10.4 Å². The molecule has 25 heavy (non-hydrogen) atoms. The lowest BCUT2D eigenvalue weighted by atomic mass is 10.1. The maximum absolute atomic E-state index is 13.6. The second-order valence-corrected chi connectivity index (χ2v) is 6.67. The zero-order valence-electron chi connectivity index (χ0n) is 12.8. The van der Waals surface area contributed by atoms with Gasteiger partial charge in [0.05, 0.1) is 28.6 Å². The van der Waals surface area contributed by atoms with Crippen molar-refractivity contribution in [1.82, 2.24) is 5.48 Å². The molecule has 1 unspecified atom stereocenters. The first-order chi connectivity index (χ1) is 11.9. The molecule has 0 fully saturated rings. The standard InChI is InChI=1S/C16H15ClFIN2O4/c17-13-6-10(19)2-4-14(13)20-15-5-9(18)1-3-12(15)16(24)21-25-8-11(23)7-22/h1-6,11,20,22-23H,7-8H2,(H,21,24). The average Bonchev–Trinajstić information content (AvgIpc) is 2.57. The van der Waals surface area contributed by atoms with E-state index in [2.05, 4.69) is 33.4 Å². The van der Waals surface area contributed by atoms with Crippen LogP contribution in [0.5, 0.6) is 0 Å². The molecule has 0 aliphatic heterocycles. The lowest BCUT2D eigenvalue weighted by Gasteiger charge is -2.14. The number of carbonyl (C=O) groups excluding carboxylic acids is 1. The summed E-state index contributed by atoms with van der Waals surface area (Å²) in [6, 6.07) is 8.84. The highest BCUT2D eigenvalue weighted by Crippen LogP contribution is 2.29. The van der Waals surface area contributed by atoms with Crippen molar-refractivity contribution >= 4 is 51.5 Å². The summed E-state index contributed by atoms with van der Waals surface area (Å²) in [4.78, 5) is 17.0. The van der Waals surface area contributed by atoms with Gasteiger partial charge in [-0.25, -0.2) is 9.87 Å². The molecule has 0 saturated carbocycles. The monoisotopic (exact) mass is 480 g/mol. The minimum Gasteiger partial charge on any atom is -0.394 e. The van der Waals surface area contributed by atoms with Crippen molar-refractivity contribution in [3.8, 4) is 0 Å². The molecule has 134 valence electrons. The number of aliphatic hydroxyl groups excluding tert-OH is 2. The van der Waals surface area contributed by atoms with Gasteiger partial charge in [0.15, 0.2) is 0 Å². The van der Waals surface area contributed by atoms with E-state index in [1.807, 2.05) is 6.07 Å². The van der Waals surface area contributed by atoms with Crippen LogP contribution in [-0.2, 0) is 4.84 Å². The molecule has 0 spiro atoms. The Morgan fingerprint density at radius 3 is 2.72 bits per heavy atom. The molecule has 0 aromatic heterocycles. The number of hydrogen-bond donors (Lipinski definition) is 4. The maximum atomic E-state index is 13.6. The predicted octanol–water partition coefficient (Wildman–Crippen LogP) is 2.84. The molecular formula is C16H15ClFIN2O4. The number of benzene rings is 2. The Morgan fingerprint density at radius 2 is 2.04 bits per heavy atom. The van der Waals surface area contributed by atoms with Gasteiger partial charge >= 0.3 is 0 Å². The van der Waals surface area contributed by atoms with Crippen LogP contribution in [0.3, 0.4) is 0 Å². The minimum atomic E-state index is -1.11. The van der Waals surface area contributed by atoms with Crippen molar-refractivity contribution in [3.63, 3.8) is 0 Å². The normalized spacial score (nSPS) is 11.9. The van der Waals surface area contributed by atoms with Crippen LogP contribution < -0.4 is 10.8 Å². The fraction of sp³-hybridized carbons (Fsp3) is 0.188. The summed E-state index contributed by atoms with van der Waals surface area (Å²) in [7, 11) is 0. The van der Waals surface area contributed by atoms with Gasteiger partial charge in [-0.3, -0.25) is 9.63 Å². The number of nitrogens with one attached hydrogen (secondary N) is 2. The lowest BCUT2D eigenvalue weighted by molar-refractivity contribution is -0.0295. The first-order valence-corrected chi connectivity index (χ1v) is 8.59. The molecule has 0 radical (unpaired) electrons. The summed E-state index contributed by atoms with van der Waals surface area (Å²) >= 11 is 8.26. The first-order valence-electron chi connectivity index (χ1n) is 7.13. The molecule has 2 aromatic rings. The molecule has 0 aliphatic rings. The number of halogens is 3. The summed E-state index contributed by atoms with van der Waals surface area (Å²) < 4.78 is 14.5. The molecule has 1 amide bonds. The van der Waals surface area contributed by atoms with Gasteiger partial charge in [0.25, 0.3) is 5.91 Å². The highest BCUT2D eigenvalue weighted by atomic mass is 127.